The molecular weight excluding hydrogens is 416 g/mol. The fraction of sp³-hybridized carbons (Fsp3) is 0.263. The maximum Gasteiger partial charge on any atom is 0.340 e. The van der Waals surface area contributed by atoms with Gasteiger partial charge in [-0.3, -0.25) is 14.4 Å². The summed E-state index contributed by atoms with van der Waals surface area (Å²) in [6.45, 7) is 0. The van der Waals surface area contributed by atoms with Gasteiger partial charge >= 0.3 is 11.9 Å². The summed E-state index contributed by atoms with van der Waals surface area (Å²) in [4.78, 5) is 48.5. The first-order valence-electron chi connectivity index (χ1n) is 8.65. The number of carbonyl (C=O) groups excluding carboxylic acids is 3. The van der Waals surface area contributed by atoms with Gasteiger partial charge in [-0.05, 0) is 35.7 Å². The summed E-state index contributed by atoms with van der Waals surface area (Å²) in [6, 6.07) is 3.10. The van der Waals surface area contributed by atoms with Crippen LogP contribution in [-0.4, -0.2) is 36.0 Å². The van der Waals surface area contributed by atoms with E-state index in [1.54, 1.807) is 35.0 Å². The normalized spacial score (nSPS) is 18.1. The van der Waals surface area contributed by atoms with Crippen molar-refractivity contribution < 1.29 is 29.0 Å². The average molecular weight is 434 g/mol. The van der Waals surface area contributed by atoms with Gasteiger partial charge in [0, 0.05) is 0 Å². The number of carbonyl (C=O) groups is 4. The minimum Gasteiger partial charge on any atom is -0.481 e. The van der Waals surface area contributed by atoms with Crippen LogP contribution in [0.4, 0.5) is 10.0 Å². The van der Waals surface area contributed by atoms with Crippen molar-refractivity contribution >= 4 is 56.4 Å². The van der Waals surface area contributed by atoms with Gasteiger partial charge in [-0.1, -0.05) is 12.2 Å². The van der Waals surface area contributed by atoms with Crippen molar-refractivity contribution in [1.82, 2.24) is 0 Å². The second-order valence-corrected chi connectivity index (χ2v) is 8.09. The molecule has 1 aliphatic rings. The van der Waals surface area contributed by atoms with Crippen LogP contribution in [0.1, 0.15) is 33.6 Å². The van der Waals surface area contributed by atoms with E-state index >= 15 is 0 Å². The van der Waals surface area contributed by atoms with Crippen molar-refractivity contribution in [3.8, 4) is 0 Å². The highest BCUT2D eigenvalue weighted by molar-refractivity contribution is 7.15. The van der Waals surface area contributed by atoms with E-state index in [-0.39, 0.29) is 11.1 Å². The molecular formula is C19H18N2O6S2. The molecule has 2 heterocycles. The predicted octanol–water partition coefficient (Wildman–Crippen LogP) is 3.45. The predicted molar refractivity (Wildman–Crippen MR) is 110 cm³/mol. The number of allylic oxidation sites excluding steroid dienone is 2. The number of anilines is 2. The molecule has 3 N–H and O–H groups in total. The summed E-state index contributed by atoms with van der Waals surface area (Å²) in [5.74, 6) is -4.03. The lowest BCUT2D eigenvalue weighted by atomic mass is 9.82. The number of carboxylic acid groups (broad SMARTS) is 1. The van der Waals surface area contributed by atoms with Gasteiger partial charge < -0.3 is 20.5 Å². The Morgan fingerprint density at radius 2 is 1.55 bits per heavy atom. The molecule has 2 aromatic rings. The van der Waals surface area contributed by atoms with Gasteiger partial charge in [-0.2, -0.15) is 0 Å². The maximum atomic E-state index is 12.7. The van der Waals surface area contributed by atoms with Gasteiger partial charge in [0.2, 0.25) is 5.91 Å². The largest absolute Gasteiger partial charge is 0.481 e. The van der Waals surface area contributed by atoms with E-state index in [0.717, 1.165) is 11.3 Å². The minimum absolute atomic E-state index is 0.228. The van der Waals surface area contributed by atoms with Gasteiger partial charge in [0.1, 0.15) is 10.0 Å². The van der Waals surface area contributed by atoms with Crippen LogP contribution in [0, 0.1) is 11.8 Å². The molecule has 29 heavy (non-hydrogen) atoms. The fourth-order valence-electron chi connectivity index (χ4n) is 3.01. The summed E-state index contributed by atoms with van der Waals surface area (Å²) in [5, 5.41) is 18.7. The lowest BCUT2D eigenvalue weighted by molar-refractivity contribution is -0.146. The second kappa shape index (κ2) is 9.01. The van der Waals surface area contributed by atoms with Crippen molar-refractivity contribution in [3.63, 3.8) is 0 Å². The summed E-state index contributed by atoms with van der Waals surface area (Å²) in [6.07, 6.45) is 4.16. The van der Waals surface area contributed by atoms with Gasteiger partial charge in [0.25, 0.3) is 5.91 Å². The van der Waals surface area contributed by atoms with Gasteiger partial charge in [-0.25, -0.2) is 4.79 Å². The molecule has 10 heteroatoms. The van der Waals surface area contributed by atoms with Crippen molar-refractivity contribution in [3.05, 3.63) is 46.2 Å². The van der Waals surface area contributed by atoms with Crippen LogP contribution < -0.4 is 10.6 Å². The third-order valence-corrected chi connectivity index (χ3v) is 6.19. The molecule has 3 rings (SSSR count). The Morgan fingerprint density at radius 1 is 0.966 bits per heavy atom. The first-order chi connectivity index (χ1) is 13.9. The Hall–Kier alpha value is -2.98. The zero-order valence-corrected chi connectivity index (χ0v) is 17.0. The maximum absolute atomic E-state index is 12.7. The monoisotopic (exact) mass is 434 g/mol. The number of ether oxygens (including phenoxy) is 1. The Balaban J connectivity index is 1.74. The third kappa shape index (κ3) is 4.54. The topological polar surface area (TPSA) is 122 Å². The Labute approximate surface area is 174 Å². The molecule has 0 fully saturated rings. The van der Waals surface area contributed by atoms with Crippen LogP contribution in [0.2, 0.25) is 0 Å². The zero-order valence-electron chi connectivity index (χ0n) is 15.3. The first kappa shape index (κ1) is 20.7. The van der Waals surface area contributed by atoms with Crippen LogP contribution in [0.5, 0.6) is 0 Å². The molecule has 0 saturated carbocycles. The van der Waals surface area contributed by atoms with Crippen LogP contribution in [0.15, 0.2) is 35.0 Å². The lowest BCUT2D eigenvalue weighted by Crippen LogP contribution is -2.34. The van der Waals surface area contributed by atoms with Gasteiger partial charge in [0.05, 0.1) is 30.1 Å². The number of nitrogens with one attached hydrogen (secondary N) is 2. The zero-order chi connectivity index (χ0) is 21.0. The Morgan fingerprint density at radius 3 is 2.17 bits per heavy atom. The van der Waals surface area contributed by atoms with Crippen LogP contribution in [0.25, 0.3) is 0 Å². The molecule has 8 nitrogen and oxygen atoms in total. The molecule has 0 saturated heterocycles. The van der Waals surface area contributed by atoms with Crippen LogP contribution in [0.3, 0.4) is 0 Å². The third-order valence-electron chi connectivity index (χ3n) is 4.53. The average Bonchev–Trinajstić information content (AvgIpc) is 3.36. The number of rotatable bonds is 6. The summed E-state index contributed by atoms with van der Waals surface area (Å²) < 4.78 is 4.69. The van der Waals surface area contributed by atoms with Crippen molar-refractivity contribution in [2.45, 2.75) is 12.8 Å². The van der Waals surface area contributed by atoms with E-state index in [1.807, 2.05) is 0 Å². The molecule has 0 spiro atoms. The Bertz CT molecular complexity index is 977. The molecule has 2 amide bonds. The first-order valence-corrected chi connectivity index (χ1v) is 10.4. The Kier molecular flexibility index (Phi) is 6.45. The molecule has 0 aliphatic heterocycles. The summed E-state index contributed by atoms with van der Waals surface area (Å²) in [7, 11) is 1.25. The molecule has 0 bridgehead atoms. The highest BCUT2D eigenvalue weighted by Crippen LogP contribution is 2.31. The number of esters is 1. The number of thiophene rings is 2. The minimum atomic E-state index is -1.02. The number of carboxylic acids is 1. The van der Waals surface area contributed by atoms with E-state index in [9.17, 15) is 24.3 Å². The van der Waals surface area contributed by atoms with Crippen molar-refractivity contribution in [1.29, 1.82) is 0 Å². The highest BCUT2D eigenvalue weighted by Gasteiger charge is 2.34. The molecule has 152 valence electrons. The van der Waals surface area contributed by atoms with E-state index in [4.69, 9.17) is 0 Å². The number of hydrogen-bond acceptors (Lipinski definition) is 7. The number of aliphatic carboxylic acids is 1. The van der Waals surface area contributed by atoms with Crippen LogP contribution in [-0.2, 0) is 14.3 Å². The SMILES string of the molecule is COC(=O)c1ccsc1NC(=O)c1ccsc1NC(=O)[C@@H]1CC=CC[C@H]1C(=O)O. The molecule has 0 radical (unpaired) electrons. The van der Waals surface area contributed by atoms with E-state index in [0.29, 0.717) is 22.8 Å². The highest BCUT2D eigenvalue weighted by atomic mass is 32.1. The standard InChI is InChI=1S/C19H18N2O6S2/c1-27-19(26)13-7-9-29-17(13)21-15(23)12-6-8-28-16(12)20-14(22)10-4-2-3-5-11(10)18(24)25/h2-3,6-11H,4-5H2,1H3,(H,20,22)(H,21,23)(H,24,25)/t10-,11-/m1/s1. The molecule has 0 unspecified atom stereocenters. The summed E-state index contributed by atoms with van der Waals surface area (Å²) >= 11 is 2.34. The van der Waals surface area contributed by atoms with Gasteiger partial charge in [-0.15, -0.1) is 22.7 Å². The number of amides is 2. The van der Waals surface area contributed by atoms with Crippen molar-refractivity contribution in [2.75, 3.05) is 17.7 Å². The fourth-order valence-corrected chi connectivity index (χ4v) is 4.57. The summed E-state index contributed by atoms with van der Waals surface area (Å²) in [5.41, 5.74) is 0.468. The smallest absolute Gasteiger partial charge is 0.340 e. The van der Waals surface area contributed by atoms with E-state index in [1.165, 1.54) is 18.4 Å². The van der Waals surface area contributed by atoms with E-state index in [2.05, 4.69) is 15.4 Å². The second-order valence-electron chi connectivity index (χ2n) is 6.26. The molecule has 2 atom stereocenters. The number of methoxy groups -OCH3 is 1. The molecule has 1 aliphatic carbocycles. The van der Waals surface area contributed by atoms with E-state index < -0.39 is 35.6 Å². The van der Waals surface area contributed by atoms with Crippen LogP contribution >= 0.6 is 22.7 Å². The quantitative estimate of drug-likeness (QED) is 0.473. The van der Waals surface area contributed by atoms with Gasteiger partial charge in [0.15, 0.2) is 0 Å². The molecule has 2 aromatic heterocycles. The van der Waals surface area contributed by atoms with Crippen molar-refractivity contribution in [2.24, 2.45) is 11.8 Å². The number of hydrogen-bond donors (Lipinski definition) is 3. The lowest BCUT2D eigenvalue weighted by Gasteiger charge is -2.24. The molecule has 0 aromatic carbocycles.